The van der Waals surface area contributed by atoms with Gasteiger partial charge in [-0.2, -0.15) is 0 Å². The number of aryl methyl sites for hydroxylation is 2. The molecule has 30 heavy (non-hydrogen) atoms. The first-order valence-electron chi connectivity index (χ1n) is 10.4. The number of furan rings is 1. The minimum atomic E-state index is -0.177. The van der Waals surface area contributed by atoms with E-state index in [4.69, 9.17) is 4.42 Å². The van der Waals surface area contributed by atoms with Crippen LogP contribution in [-0.4, -0.2) is 10.4 Å². The van der Waals surface area contributed by atoms with Gasteiger partial charge in [-0.1, -0.05) is 43.3 Å². The Bertz CT molecular complexity index is 1090. The number of ketones is 1. The highest BCUT2D eigenvalue weighted by atomic mass is 19.1. The first kappa shape index (κ1) is 21.6. The molecule has 3 nitrogen and oxygen atoms in total. The van der Waals surface area contributed by atoms with E-state index in [9.17, 15) is 9.18 Å². The average Bonchev–Trinajstić information content (AvgIpc) is 3.39. The summed E-state index contributed by atoms with van der Waals surface area (Å²) in [6.07, 6.45) is 7.10. The van der Waals surface area contributed by atoms with Crippen molar-refractivity contribution in [2.75, 3.05) is 0 Å². The van der Waals surface area contributed by atoms with Crippen LogP contribution in [0.25, 0.3) is 10.9 Å². The topological polar surface area (TPSA) is 35.1 Å². The number of benzene rings is 2. The van der Waals surface area contributed by atoms with E-state index >= 15 is 0 Å². The van der Waals surface area contributed by atoms with E-state index in [-0.39, 0.29) is 13.0 Å². The van der Waals surface area contributed by atoms with Gasteiger partial charge in [-0.15, -0.1) is 0 Å². The van der Waals surface area contributed by atoms with Gasteiger partial charge in [0.2, 0.25) is 0 Å². The van der Waals surface area contributed by atoms with Gasteiger partial charge in [0.1, 0.15) is 17.4 Å². The normalized spacial score (nSPS) is 10.6. The third-order valence-electron chi connectivity index (χ3n) is 5.07. The maximum Gasteiger partial charge on any atom is 0.129 e. The first-order chi connectivity index (χ1) is 14.6. The van der Waals surface area contributed by atoms with Gasteiger partial charge in [0.25, 0.3) is 0 Å². The molecule has 0 aliphatic carbocycles. The largest absolute Gasteiger partial charge is 0.469 e. The summed E-state index contributed by atoms with van der Waals surface area (Å²) in [6.45, 7) is 4.21. The molecule has 0 saturated heterocycles. The molecular formula is C26H30FNO2. The number of Topliss-reactive ketones (excluding diaryl/α,β-unsaturated/α-hetero) is 1. The molecule has 2 aromatic heterocycles. The molecule has 0 saturated carbocycles. The Labute approximate surface area is 178 Å². The number of para-hydroxylation sites is 1. The summed E-state index contributed by atoms with van der Waals surface area (Å²) in [5.41, 5.74) is 3.01. The fourth-order valence-electron chi connectivity index (χ4n) is 3.50. The lowest BCUT2D eigenvalue weighted by Crippen LogP contribution is -2.00. The van der Waals surface area contributed by atoms with Gasteiger partial charge in [-0.3, -0.25) is 0 Å². The summed E-state index contributed by atoms with van der Waals surface area (Å²) in [6, 6.07) is 18.9. The summed E-state index contributed by atoms with van der Waals surface area (Å²) in [7, 11) is 0. The van der Waals surface area contributed by atoms with Crippen molar-refractivity contribution in [3.05, 3.63) is 95.8 Å². The van der Waals surface area contributed by atoms with Crippen LogP contribution in [0.4, 0.5) is 4.39 Å². The SMILES string of the molecule is CC(=O)CCCc1cn(Cc2ccccc2F)c2ccccc12.CCc1ccco1.[HH]. The van der Waals surface area contributed by atoms with Gasteiger partial charge in [-0.25, -0.2) is 4.39 Å². The smallest absolute Gasteiger partial charge is 0.129 e. The van der Waals surface area contributed by atoms with Crippen molar-refractivity contribution in [3.8, 4) is 0 Å². The molecule has 0 N–H and O–H groups in total. The number of hydrogen-bond acceptors (Lipinski definition) is 2. The Morgan fingerprint density at radius 3 is 2.47 bits per heavy atom. The lowest BCUT2D eigenvalue weighted by Gasteiger charge is -2.06. The second-order valence-electron chi connectivity index (χ2n) is 7.38. The summed E-state index contributed by atoms with van der Waals surface area (Å²) in [4.78, 5) is 11.1. The molecule has 0 aliphatic heterocycles. The average molecular weight is 408 g/mol. The zero-order chi connectivity index (χ0) is 21.3. The molecule has 0 unspecified atom stereocenters. The predicted octanol–water partition coefficient (Wildman–Crippen LogP) is 6.83. The Morgan fingerprint density at radius 1 is 1.03 bits per heavy atom. The number of rotatable bonds is 7. The Kier molecular flexibility index (Phi) is 7.61. The lowest BCUT2D eigenvalue weighted by atomic mass is 10.1. The summed E-state index contributed by atoms with van der Waals surface area (Å²) in [5, 5.41) is 1.19. The Morgan fingerprint density at radius 2 is 1.80 bits per heavy atom. The minimum Gasteiger partial charge on any atom is -0.469 e. The number of carbonyl (C=O) groups excluding carboxylic acids is 1. The van der Waals surface area contributed by atoms with Crippen molar-refractivity contribution in [1.82, 2.24) is 4.57 Å². The third kappa shape index (κ3) is 5.69. The van der Waals surface area contributed by atoms with Gasteiger partial charge in [0.15, 0.2) is 0 Å². The third-order valence-corrected chi connectivity index (χ3v) is 5.07. The van der Waals surface area contributed by atoms with Crippen molar-refractivity contribution >= 4 is 16.7 Å². The van der Waals surface area contributed by atoms with E-state index in [0.717, 1.165) is 30.5 Å². The summed E-state index contributed by atoms with van der Waals surface area (Å²) in [5.74, 6) is 1.10. The lowest BCUT2D eigenvalue weighted by molar-refractivity contribution is -0.117. The molecule has 4 heteroatoms. The van der Waals surface area contributed by atoms with Crippen LogP contribution in [0.3, 0.4) is 0 Å². The summed E-state index contributed by atoms with van der Waals surface area (Å²) >= 11 is 0. The number of aromatic nitrogens is 1. The monoisotopic (exact) mass is 407 g/mol. The van der Waals surface area contributed by atoms with Gasteiger partial charge < -0.3 is 13.8 Å². The highest BCUT2D eigenvalue weighted by Crippen LogP contribution is 2.24. The van der Waals surface area contributed by atoms with Crippen molar-refractivity contribution < 1.29 is 15.0 Å². The van der Waals surface area contributed by atoms with Gasteiger partial charge in [0.05, 0.1) is 12.8 Å². The fourth-order valence-corrected chi connectivity index (χ4v) is 3.50. The van der Waals surface area contributed by atoms with Crippen molar-refractivity contribution in [1.29, 1.82) is 0 Å². The molecule has 0 spiro atoms. The van der Waals surface area contributed by atoms with Crippen LogP contribution < -0.4 is 0 Å². The maximum atomic E-state index is 13.9. The second kappa shape index (κ2) is 10.6. The van der Waals surface area contributed by atoms with Crippen LogP contribution in [-0.2, 0) is 24.2 Å². The molecule has 158 valence electrons. The molecule has 0 amide bonds. The Hall–Kier alpha value is -3.14. The molecule has 0 bridgehead atoms. The molecule has 2 heterocycles. The number of halogens is 1. The van der Waals surface area contributed by atoms with Gasteiger partial charge in [0, 0.05) is 36.9 Å². The molecule has 4 aromatic rings. The molecule has 0 radical (unpaired) electrons. The zero-order valence-corrected chi connectivity index (χ0v) is 17.6. The molecule has 0 aliphatic rings. The quantitative estimate of drug-likeness (QED) is 0.337. The van der Waals surface area contributed by atoms with Crippen LogP contribution in [0.2, 0.25) is 0 Å². The molecule has 0 atom stereocenters. The molecule has 4 rings (SSSR count). The highest BCUT2D eigenvalue weighted by Gasteiger charge is 2.10. The summed E-state index contributed by atoms with van der Waals surface area (Å²) < 4.78 is 21.0. The number of nitrogens with zero attached hydrogens (tertiary/aromatic N) is 1. The number of hydrogen-bond donors (Lipinski definition) is 0. The van der Waals surface area contributed by atoms with Crippen LogP contribution in [0.1, 0.15) is 45.0 Å². The number of carbonyl (C=O) groups is 1. The van der Waals surface area contributed by atoms with Crippen LogP contribution in [0.5, 0.6) is 0 Å². The van der Waals surface area contributed by atoms with Crippen molar-refractivity contribution in [2.24, 2.45) is 0 Å². The zero-order valence-electron chi connectivity index (χ0n) is 17.6. The van der Waals surface area contributed by atoms with E-state index < -0.39 is 0 Å². The molecule has 2 aromatic carbocycles. The predicted molar refractivity (Wildman–Crippen MR) is 121 cm³/mol. The van der Waals surface area contributed by atoms with Gasteiger partial charge >= 0.3 is 0 Å². The molecular weight excluding hydrogens is 377 g/mol. The fraction of sp³-hybridized carbons (Fsp3) is 0.269. The van der Waals surface area contributed by atoms with Crippen LogP contribution in [0.15, 0.2) is 77.5 Å². The minimum absolute atomic E-state index is 0. The van der Waals surface area contributed by atoms with E-state index in [0.29, 0.717) is 18.5 Å². The van der Waals surface area contributed by atoms with E-state index in [1.54, 1.807) is 19.3 Å². The second-order valence-corrected chi connectivity index (χ2v) is 7.38. The number of fused-ring (bicyclic) bond motifs is 1. The highest BCUT2D eigenvalue weighted by molar-refractivity contribution is 5.84. The maximum absolute atomic E-state index is 13.9. The van der Waals surface area contributed by atoms with Crippen molar-refractivity contribution in [2.45, 2.75) is 46.1 Å². The first-order valence-corrected chi connectivity index (χ1v) is 10.4. The van der Waals surface area contributed by atoms with Crippen molar-refractivity contribution in [3.63, 3.8) is 0 Å². The standard InChI is InChI=1S/C20H20FNO.C6H8O.H2/c1-15(23)7-6-9-16-13-22(20-12-5-3-10-18(16)20)14-17-8-2-4-11-19(17)21;1-2-6-4-3-5-7-6;/h2-5,8,10-13H,6-7,9,14H2,1H3;3-5H,2H2,1H3;1H. The van der Waals surface area contributed by atoms with E-state index in [1.165, 1.54) is 17.0 Å². The van der Waals surface area contributed by atoms with E-state index in [2.05, 4.69) is 29.8 Å². The Balaban J connectivity index is 0.000000364. The van der Waals surface area contributed by atoms with E-state index in [1.807, 2.05) is 36.4 Å². The van der Waals surface area contributed by atoms with Crippen LogP contribution >= 0.6 is 0 Å². The van der Waals surface area contributed by atoms with Crippen LogP contribution in [0, 0.1) is 5.82 Å². The van der Waals surface area contributed by atoms with Gasteiger partial charge in [-0.05, 0) is 49.6 Å². The molecule has 0 fully saturated rings.